The number of esters is 1. The molecule has 2 aromatic rings. The first-order chi connectivity index (χ1) is 13.8. The van der Waals surface area contributed by atoms with Crippen molar-refractivity contribution in [2.45, 2.75) is 53.4 Å². The monoisotopic (exact) mass is 525 g/mol. The van der Waals surface area contributed by atoms with Gasteiger partial charge in [0, 0.05) is 8.45 Å². The molecule has 0 spiro atoms. The van der Waals surface area contributed by atoms with Gasteiger partial charge in [-0.15, -0.1) is 11.3 Å². The summed E-state index contributed by atoms with van der Waals surface area (Å²) in [6, 6.07) is 7.45. The zero-order valence-corrected chi connectivity index (χ0v) is 20.4. The Kier molecular flexibility index (Phi) is 7.04. The van der Waals surface area contributed by atoms with Crippen molar-refractivity contribution in [3.8, 4) is 0 Å². The molecule has 4 nitrogen and oxygen atoms in total. The van der Waals surface area contributed by atoms with Crippen molar-refractivity contribution in [3.63, 3.8) is 0 Å². The number of fused-ring (bicyclic) bond motifs is 1. The smallest absolute Gasteiger partial charge is 0.341 e. The Morgan fingerprint density at radius 3 is 2.66 bits per heavy atom. The minimum atomic E-state index is -0.337. The standard InChI is InChI=1S/C23H28INO3S/c1-5-23(3,4)14-11-12-16-18(13-14)29-21(19(16)22(27)28-6-2)25-20(26)15-9-7-8-10-17(15)24/h7-10,14H,5-6,11-13H2,1-4H3,(H,25,26). The maximum Gasteiger partial charge on any atom is 0.341 e. The molecule has 156 valence electrons. The fraction of sp³-hybridized carbons (Fsp3) is 0.478. The van der Waals surface area contributed by atoms with Crippen LogP contribution >= 0.6 is 33.9 Å². The molecule has 0 bridgehead atoms. The molecule has 6 heteroatoms. The van der Waals surface area contributed by atoms with E-state index in [9.17, 15) is 9.59 Å². The molecule has 1 unspecified atom stereocenters. The van der Waals surface area contributed by atoms with Gasteiger partial charge in [-0.1, -0.05) is 39.3 Å². The first kappa shape index (κ1) is 22.3. The Bertz CT molecular complexity index is 919. The summed E-state index contributed by atoms with van der Waals surface area (Å²) in [6.07, 6.45) is 3.99. The lowest BCUT2D eigenvalue weighted by Crippen LogP contribution is -2.28. The molecule has 1 heterocycles. The van der Waals surface area contributed by atoms with E-state index in [1.165, 1.54) is 4.88 Å². The van der Waals surface area contributed by atoms with Crippen molar-refractivity contribution in [1.29, 1.82) is 0 Å². The number of amides is 1. The van der Waals surface area contributed by atoms with Gasteiger partial charge in [0.2, 0.25) is 0 Å². The lowest BCUT2D eigenvalue weighted by atomic mass is 9.69. The van der Waals surface area contributed by atoms with Gasteiger partial charge in [0.1, 0.15) is 5.00 Å². The Balaban J connectivity index is 1.96. The van der Waals surface area contributed by atoms with E-state index < -0.39 is 0 Å². The lowest BCUT2D eigenvalue weighted by Gasteiger charge is -2.36. The number of ether oxygens (including phenoxy) is 1. The second-order valence-electron chi connectivity index (χ2n) is 8.14. The molecule has 1 aromatic carbocycles. The maximum atomic E-state index is 12.9. The third kappa shape index (κ3) is 4.68. The average molecular weight is 525 g/mol. The summed E-state index contributed by atoms with van der Waals surface area (Å²) in [7, 11) is 0. The van der Waals surface area contributed by atoms with E-state index in [0.29, 0.717) is 28.7 Å². The molecule has 0 saturated carbocycles. The molecule has 29 heavy (non-hydrogen) atoms. The van der Waals surface area contributed by atoms with Crippen molar-refractivity contribution < 1.29 is 14.3 Å². The van der Waals surface area contributed by atoms with E-state index in [1.54, 1.807) is 24.3 Å². The normalized spacial score (nSPS) is 16.2. The molecule has 1 atom stereocenters. The molecule has 0 radical (unpaired) electrons. The Morgan fingerprint density at radius 2 is 2.00 bits per heavy atom. The Hall–Kier alpha value is -1.41. The number of rotatable bonds is 6. The highest BCUT2D eigenvalue weighted by Crippen LogP contribution is 2.45. The average Bonchev–Trinajstić information content (AvgIpc) is 3.05. The largest absolute Gasteiger partial charge is 0.462 e. The highest BCUT2D eigenvalue weighted by Gasteiger charge is 2.35. The molecule has 0 fully saturated rings. The van der Waals surface area contributed by atoms with Crippen LogP contribution in [0.4, 0.5) is 5.00 Å². The highest BCUT2D eigenvalue weighted by molar-refractivity contribution is 14.1. The summed E-state index contributed by atoms with van der Waals surface area (Å²) >= 11 is 3.70. The number of carbonyl (C=O) groups excluding carboxylic acids is 2. The van der Waals surface area contributed by atoms with E-state index in [2.05, 4.69) is 48.7 Å². The first-order valence-corrected chi connectivity index (χ1v) is 12.1. The number of carbonyl (C=O) groups is 2. The quantitative estimate of drug-likeness (QED) is 0.355. The first-order valence-electron chi connectivity index (χ1n) is 10.2. The summed E-state index contributed by atoms with van der Waals surface area (Å²) in [5, 5.41) is 3.62. The van der Waals surface area contributed by atoms with Crippen molar-refractivity contribution in [3.05, 3.63) is 49.4 Å². The fourth-order valence-corrected chi connectivity index (χ4v) is 5.81. The van der Waals surface area contributed by atoms with Crippen molar-refractivity contribution >= 4 is 50.8 Å². The van der Waals surface area contributed by atoms with E-state index in [4.69, 9.17) is 4.74 Å². The van der Waals surface area contributed by atoms with Crippen LogP contribution in [0.15, 0.2) is 24.3 Å². The van der Waals surface area contributed by atoms with Gasteiger partial charge < -0.3 is 10.1 Å². The third-order valence-corrected chi connectivity index (χ3v) is 8.22. The number of thiophene rings is 1. The van der Waals surface area contributed by atoms with Crippen molar-refractivity contribution in [2.75, 3.05) is 11.9 Å². The van der Waals surface area contributed by atoms with Gasteiger partial charge in [0.25, 0.3) is 5.91 Å². The number of halogens is 1. The van der Waals surface area contributed by atoms with Gasteiger partial charge in [-0.05, 0) is 77.8 Å². The molecular weight excluding hydrogens is 497 g/mol. The molecule has 3 rings (SSSR count). The third-order valence-electron chi connectivity index (χ3n) is 6.11. The summed E-state index contributed by atoms with van der Waals surface area (Å²) in [4.78, 5) is 26.9. The van der Waals surface area contributed by atoms with E-state index in [-0.39, 0.29) is 17.3 Å². The molecule has 0 aliphatic heterocycles. The molecule has 1 N–H and O–H groups in total. The fourth-order valence-electron chi connectivity index (χ4n) is 3.86. The Morgan fingerprint density at radius 1 is 1.28 bits per heavy atom. The van der Waals surface area contributed by atoms with Gasteiger partial charge in [-0.3, -0.25) is 4.79 Å². The molecule has 1 aliphatic rings. The van der Waals surface area contributed by atoms with E-state index in [0.717, 1.165) is 34.8 Å². The number of anilines is 1. The zero-order valence-electron chi connectivity index (χ0n) is 17.4. The number of benzene rings is 1. The van der Waals surface area contributed by atoms with Crippen molar-refractivity contribution in [2.24, 2.45) is 11.3 Å². The summed E-state index contributed by atoms with van der Waals surface area (Å²) in [6.45, 7) is 9.01. The molecule has 1 aliphatic carbocycles. The van der Waals surface area contributed by atoms with Crippen molar-refractivity contribution in [1.82, 2.24) is 0 Å². The van der Waals surface area contributed by atoms with Crippen LogP contribution in [0.2, 0.25) is 0 Å². The molecule has 1 amide bonds. The predicted octanol–water partition coefficient (Wildman–Crippen LogP) is 6.32. The molecule has 0 saturated heterocycles. The van der Waals surface area contributed by atoms with Gasteiger partial charge in [0.05, 0.1) is 17.7 Å². The van der Waals surface area contributed by atoms with Crippen LogP contribution in [0.3, 0.4) is 0 Å². The van der Waals surface area contributed by atoms with Gasteiger partial charge >= 0.3 is 5.97 Å². The second-order valence-corrected chi connectivity index (χ2v) is 10.4. The predicted molar refractivity (Wildman–Crippen MR) is 127 cm³/mol. The van der Waals surface area contributed by atoms with Crippen LogP contribution in [0.25, 0.3) is 0 Å². The van der Waals surface area contributed by atoms with Gasteiger partial charge in [-0.2, -0.15) is 0 Å². The number of hydrogen-bond donors (Lipinski definition) is 1. The van der Waals surface area contributed by atoms with Crippen LogP contribution in [-0.2, 0) is 17.6 Å². The number of hydrogen-bond acceptors (Lipinski definition) is 4. The van der Waals surface area contributed by atoms with Gasteiger partial charge in [-0.25, -0.2) is 4.79 Å². The highest BCUT2D eigenvalue weighted by atomic mass is 127. The second kappa shape index (κ2) is 9.16. The van der Waals surface area contributed by atoms with E-state index >= 15 is 0 Å². The van der Waals surface area contributed by atoms with E-state index in [1.807, 2.05) is 18.2 Å². The molecular formula is C23H28INO3S. The van der Waals surface area contributed by atoms with Crippen LogP contribution in [0, 0.1) is 14.9 Å². The summed E-state index contributed by atoms with van der Waals surface area (Å²) in [5.74, 6) is 0.0492. The maximum absolute atomic E-state index is 12.9. The zero-order chi connectivity index (χ0) is 21.2. The Labute approximate surface area is 190 Å². The topological polar surface area (TPSA) is 55.4 Å². The minimum Gasteiger partial charge on any atom is -0.462 e. The molecule has 1 aromatic heterocycles. The van der Waals surface area contributed by atoms with Crippen LogP contribution < -0.4 is 5.32 Å². The van der Waals surface area contributed by atoms with Gasteiger partial charge in [0.15, 0.2) is 0 Å². The summed E-state index contributed by atoms with van der Waals surface area (Å²) in [5.41, 5.74) is 2.49. The summed E-state index contributed by atoms with van der Waals surface area (Å²) < 4.78 is 6.22. The SMILES string of the molecule is CCOC(=O)c1c(NC(=O)c2ccccc2I)sc2c1CCC(C(C)(C)CC)C2. The van der Waals surface area contributed by atoms with Crippen LogP contribution in [0.1, 0.15) is 71.7 Å². The minimum absolute atomic E-state index is 0.190. The van der Waals surface area contributed by atoms with Crippen LogP contribution in [0.5, 0.6) is 0 Å². The lowest BCUT2D eigenvalue weighted by molar-refractivity contribution is 0.0526. The number of nitrogens with one attached hydrogen (secondary N) is 1. The van der Waals surface area contributed by atoms with Crippen LogP contribution in [-0.4, -0.2) is 18.5 Å².